The molecular weight excluding hydrogens is 468 g/mol. The van der Waals surface area contributed by atoms with Crippen LogP contribution in [0.3, 0.4) is 0 Å². The van der Waals surface area contributed by atoms with Crippen LogP contribution in [0.1, 0.15) is 18.0 Å². The molecule has 1 unspecified atom stereocenters. The normalized spacial score (nSPS) is 12.1. The van der Waals surface area contributed by atoms with Gasteiger partial charge in [0.05, 0.1) is 19.6 Å². The van der Waals surface area contributed by atoms with E-state index in [2.05, 4.69) is 5.43 Å². The van der Waals surface area contributed by atoms with Gasteiger partial charge in [0, 0.05) is 25.7 Å². The third-order valence-electron chi connectivity index (χ3n) is 4.74. The van der Waals surface area contributed by atoms with E-state index in [4.69, 9.17) is 20.4 Å². The lowest BCUT2D eigenvalue weighted by atomic mass is 10.0. The summed E-state index contributed by atoms with van der Waals surface area (Å²) in [6, 6.07) is 8.19. The molecule has 0 bridgehead atoms. The van der Waals surface area contributed by atoms with Gasteiger partial charge in [0.2, 0.25) is 0 Å². The van der Waals surface area contributed by atoms with Crippen LogP contribution in [0.15, 0.2) is 30.3 Å². The Bertz CT molecular complexity index is 835. The largest absolute Gasteiger partial charge is 0.480 e. The molecule has 1 rings (SSSR count). The van der Waals surface area contributed by atoms with Crippen molar-refractivity contribution in [1.82, 2.24) is 20.2 Å². The standard InChI is InChI=1S/C21H30N4O10/c26-17(27)10-23(8-9-24(11-18(28)29)12-19(30)31)7-6-16(15-4-2-1-3-5-15)22-25(13-20(32)33)14-21(34)35/h1-5,16,22H,6-14H2,(H,26,27)(H,28,29)(H,30,31)(H,32,33)(H,34,35). The van der Waals surface area contributed by atoms with E-state index in [0.717, 1.165) is 9.91 Å². The highest BCUT2D eigenvalue weighted by Gasteiger charge is 2.22. The van der Waals surface area contributed by atoms with E-state index in [1.807, 2.05) is 0 Å². The van der Waals surface area contributed by atoms with E-state index in [9.17, 15) is 29.1 Å². The van der Waals surface area contributed by atoms with Crippen molar-refractivity contribution in [3.05, 3.63) is 35.9 Å². The SMILES string of the molecule is O=C(O)CN(CCC(NN(CC(=O)O)CC(=O)O)c1ccccc1)CCN(CC(=O)O)CC(=O)O. The van der Waals surface area contributed by atoms with E-state index in [1.165, 1.54) is 4.90 Å². The fourth-order valence-electron chi connectivity index (χ4n) is 3.34. The number of hydrogen-bond acceptors (Lipinski definition) is 9. The molecule has 0 aromatic heterocycles. The molecule has 1 aromatic rings. The monoisotopic (exact) mass is 498 g/mol. The third kappa shape index (κ3) is 13.6. The molecule has 0 aliphatic rings. The Morgan fingerprint density at radius 3 is 1.51 bits per heavy atom. The first kappa shape index (κ1) is 29.4. The zero-order valence-corrected chi connectivity index (χ0v) is 18.9. The van der Waals surface area contributed by atoms with Crippen LogP contribution in [-0.2, 0) is 24.0 Å². The van der Waals surface area contributed by atoms with Crippen LogP contribution < -0.4 is 5.43 Å². The summed E-state index contributed by atoms with van der Waals surface area (Å²) in [5.74, 6) is -6.07. The molecular formula is C21H30N4O10. The van der Waals surface area contributed by atoms with E-state index in [0.29, 0.717) is 5.56 Å². The van der Waals surface area contributed by atoms with Gasteiger partial charge in [0.15, 0.2) is 0 Å². The summed E-state index contributed by atoms with van der Waals surface area (Å²) in [5, 5.41) is 46.5. The summed E-state index contributed by atoms with van der Waals surface area (Å²) >= 11 is 0. The average Bonchev–Trinajstić information content (AvgIpc) is 2.73. The van der Waals surface area contributed by atoms with Gasteiger partial charge in [-0.05, 0) is 12.0 Å². The molecule has 0 radical (unpaired) electrons. The summed E-state index contributed by atoms with van der Waals surface area (Å²) < 4.78 is 0. The Balaban J connectivity index is 2.97. The predicted octanol–water partition coefficient (Wildman–Crippen LogP) is -1.05. The summed E-state index contributed by atoms with van der Waals surface area (Å²) in [6.07, 6.45) is 0.241. The Morgan fingerprint density at radius 2 is 1.06 bits per heavy atom. The summed E-state index contributed by atoms with van der Waals surface area (Å²) in [5.41, 5.74) is 3.60. The first-order chi connectivity index (χ1) is 16.5. The lowest BCUT2D eigenvalue weighted by Gasteiger charge is -2.30. The fourth-order valence-corrected chi connectivity index (χ4v) is 3.34. The van der Waals surface area contributed by atoms with E-state index >= 15 is 0 Å². The van der Waals surface area contributed by atoms with Gasteiger partial charge in [-0.3, -0.25) is 33.8 Å². The predicted molar refractivity (Wildman–Crippen MR) is 120 cm³/mol. The van der Waals surface area contributed by atoms with Gasteiger partial charge in [-0.15, -0.1) is 0 Å². The van der Waals surface area contributed by atoms with Crippen molar-refractivity contribution in [2.45, 2.75) is 12.5 Å². The quantitative estimate of drug-likeness (QED) is 0.126. The minimum atomic E-state index is -1.24. The topological polar surface area (TPSA) is 208 Å². The number of carboxylic acids is 5. The summed E-state index contributed by atoms with van der Waals surface area (Å²) in [7, 11) is 0. The Hall–Kier alpha value is -3.59. The number of nitrogens with one attached hydrogen (secondary N) is 1. The van der Waals surface area contributed by atoms with Crippen molar-refractivity contribution in [3.63, 3.8) is 0 Å². The van der Waals surface area contributed by atoms with Crippen molar-refractivity contribution >= 4 is 29.8 Å². The van der Waals surface area contributed by atoms with Gasteiger partial charge in [0.1, 0.15) is 13.1 Å². The van der Waals surface area contributed by atoms with Crippen molar-refractivity contribution in [3.8, 4) is 0 Å². The fraction of sp³-hybridized carbons (Fsp3) is 0.476. The average molecular weight is 498 g/mol. The molecule has 0 saturated heterocycles. The zero-order valence-electron chi connectivity index (χ0n) is 18.9. The van der Waals surface area contributed by atoms with Gasteiger partial charge in [-0.1, -0.05) is 30.3 Å². The number of aliphatic carboxylic acids is 5. The highest BCUT2D eigenvalue weighted by molar-refractivity contribution is 5.73. The highest BCUT2D eigenvalue weighted by Crippen LogP contribution is 2.18. The highest BCUT2D eigenvalue weighted by atomic mass is 16.4. The van der Waals surface area contributed by atoms with Crippen molar-refractivity contribution in [2.24, 2.45) is 0 Å². The Labute approximate surface area is 200 Å². The minimum absolute atomic E-state index is 0.0144. The van der Waals surface area contributed by atoms with Crippen LogP contribution in [-0.4, -0.2) is 123 Å². The smallest absolute Gasteiger partial charge is 0.319 e. The number of carboxylic acid groups (broad SMARTS) is 5. The summed E-state index contributed by atoms with van der Waals surface area (Å²) in [4.78, 5) is 58.3. The molecule has 1 aromatic carbocycles. The molecule has 35 heavy (non-hydrogen) atoms. The first-order valence-corrected chi connectivity index (χ1v) is 10.6. The molecule has 6 N–H and O–H groups in total. The third-order valence-corrected chi connectivity index (χ3v) is 4.74. The molecule has 0 fully saturated rings. The van der Waals surface area contributed by atoms with Gasteiger partial charge in [-0.2, -0.15) is 0 Å². The number of benzene rings is 1. The molecule has 0 spiro atoms. The van der Waals surface area contributed by atoms with Crippen LogP contribution >= 0.6 is 0 Å². The lowest BCUT2D eigenvalue weighted by Crippen LogP contribution is -2.47. The Morgan fingerprint density at radius 1 is 0.629 bits per heavy atom. The molecule has 0 saturated carbocycles. The van der Waals surface area contributed by atoms with Crippen LogP contribution in [0.2, 0.25) is 0 Å². The van der Waals surface area contributed by atoms with Crippen molar-refractivity contribution in [2.75, 3.05) is 52.4 Å². The second kappa shape index (κ2) is 15.3. The minimum Gasteiger partial charge on any atom is -0.480 e. The number of carbonyl (C=O) groups is 5. The lowest BCUT2D eigenvalue weighted by molar-refractivity contribution is -0.144. The maximum atomic E-state index is 11.3. The summed E-state index contributed by atoms with van der Waals surface area (Å²) in [6.45, 7) is -2.44. The molecule has 14 nitrogen and oxygen atoms in total. The number of nitrogens with zero attached hydrogens (tertiary/aromatic N) is 3. The van der Waals surface area contributed by atoms with Crippen LogP contribution in [0.5, 0.6) is 0 Å². The number of rotatable bonds is 19. The number of hydrazine groups is 1. The van der Waals surface area contributed by atoms with E-state index in [-0.39, 0.29) is 26.1 Å². The molecule has 0 amide bonds. The Kier molecular flexibility index (Phi) is 12.9. The van der Waals surface area contributed by atoms with Gasteiger partial charge < -0.3 is 25.5 Å². The van der Waals surface area contributed by atoms with Crippen molar-refractivity contribution < 1.29 is 49.5 Å². The van der Waals surface area contributed by atoms with Gasteiger partial charge in [-0.25, -0.2) is 10.4 Å². The molecule has 0 heterocycles. The van der Waals surface area contributed by atoms with E-state index in [1.54, 1.807) is 30.3 Å². The molecule has 14 heteroatoms. The van der Waals surface area contributed by atoms with Crippen LogP contribution in [0.4, 0.5) is 0 Å². The van der Waals surface area contributed by atoms with Gasteiger partial charge >= 0.3 is 29.8 Å². The second-order valence-electron chi connectivity index (χ2n) is 7.69. The maximum absolute atomic E-state index is 11.3. The zero-order chi connectivity index (χ0) is 26.4. The van der Waals surface area contributed by atoms with Crippen LogP contribution in [0.25, 0.3) is 0 Å². The van der Waals surface area contributed by atoms with Gasteiger partial charge in [0.25, 0.3) is 0 Å². The van der Waals surface area contributed by atoms with Crippen molar-refractivity contribution in [1.29, 1.82) is 0 Å². The first-order valence-electron chi connectivity index (χ1n) is 10.6. The number of hydrogen-bond donors (Lipinski definition) is 6. The van der Waals surface area contributed by atoms with E-state index < -0.39 is 68.6 Å². The molecule has 1 atom stereocenters. The maximum Gasteiger partial charge on any atom is 0.319 e. The molecule has 0 aliphatic carbocycles. The molecule has 194 valence electrons. The second-order valence-corrected chi connectivity index (χ2v) is 7.69. The molecule has 0 aliphatic heterocycles. The van der Waals surface area contributed by atoms with Crippen LogP contribution in [0, 0.1) is 0 Å².